The van der Waals surface area contributed by atoms with Crippen LogP contribution in [-0.4, -0.2) is 19.1 Å². The van der Waals surface area contributed by atoms with Crippen molar-refractivity contribution in [2.24, 2.45) is 0 Å². The molecule has 1 aromatic heterocycles. The van der Waals surface area contributed by atoms with Crippen LogP contribution in [0.1, 0.15) is 19.5 Å². The SMILES string of the molecule is CNC(C)(C)c1cccc(OC)n1. The average Bonchev–Trinajstić information content (AvgIpc) is 2.18. The molecule has 72 valence electrons. The molecule has 0 unspecified atom stereocenters. The minimum atomic E-state index is -0.117. The van der Waals surface area contributed by atoms with Crippen molar-refractivity contribution in [1.29, 1.82) is 0 Å². The van der Waals surface area contributed by atoms with Crippen molar-refractivity contribution in [3.8, 4) is 5.88 Å². The van der Waals surface area contributed by atoms with E-state index >= 15 is 0 Å². The first kappa shape index (κ1) is 9.99. The zero-order valence-corrected chi connectivity index (χ0v) is 8.59. The zero-order valence-electron chi connectivity index (χ0n) is 8.59. The average molecular weight is 180 g/mol. The third-order valence-electron chi connectivity index (χ3n) is 2.20. The summed E-state index contributed by atoms with van der Waals surface area (Å²) in [6, 6.07) is 5.77. The number of ether oxygens (including phenoxy) is 1. The summed E-state index contributed by atoms with van der Waals surface area (Å²) in [6.45, 7) is 4.16. The minimum absolute atomic E-state index is 0.117. The predicted octanol–water partition coefficient (Wildman–Crippen LogP) is 1.54. The third kappa shape index (κ3) is 2.18. The Morgan fingerprint density at radius 2 is 2.08 bits per heavy atom. The number of aromatic nitrogens is 1. The van der Waals surface area contributed by atoms with Crippen LogP contribution in [0.3, 0.4) is 0 Å². The van der Waals surface area contributed by atoms with Gasteiger partial charge in [0.05, 0.1) is 18.3 Å². The summed E-state index contributed by atoms with van der Waals surface area (Å²) in [5.74, 6) is 0.654. The third-order valence-corrected chi connectivity index (χ3v) is 2.20. The van der Waals surface area contributed by atoms with E-state index in [1.807, 2.05) is 25.2 Å². The number of pyridine rings is 1. The largest absolute Gasteiger partial charge is 0.481 e. The van der Waals surface area contributed by atoms with Gasteiger partial charge in [0.15, 0.2) is 0 Å². The molecule has 0 spiro atoms. The van der Waals surface area contributed by atoms with E-state index in [1.165, 1.54) is 0 Å². The Hall–Kier alpha value is -1.09. The molecule has 0 fully saturated rings. The first-order valence-electron chi connectivity index (χ1n) is 4.30. The minimum Gasteiger partial charge on any atom is -0.481 e. The van der Waals surface area contributed by atoms with Gasteiger partial charge in [0, 0.05) is 6.07 Å². The molecule has 0 bridgehead atoms. The van der Waals surface area contributed by atoms with Gasteiger partial charge < -0.3 is 10.1 Å². The van der Waals surface area contributed by atoms with Crippen LogP contribution >= 0.6 is 0 Å². The summed E-state index contributed by atoms with van der Waals surface area (Å²) in [7, 11) is 3.54. The predicted molar refractivity (Wildman–Crippen MR) is 52.9 cm³/mol. The van der Waals surface area contributed by atoms with Crippen LogP contribution in [0, 0.1) is 0 Å². The molecule has 1 N–H and O–H groups in total. The lowest BCUT2D eigenvalue weighted by molar-refractivity contribution is 0.380. The van der Waals surface area contributed by atoms with Crippen LogP contribution in [0.15, 0.2) is 18.2 Å². The lowest BCUT2D eigenvalue weighted by atomic mass is 10.0. The lowest BCUT2D eigenvalue weighted by Crippen LogP contribution is -2.34. The highest BCUT2D eigenvalue weighted by atomic mass is 16.5. The molecule has 1 rings (SSSR count). The maximum absolute atomic E-state index is 5.06. The molecule has 0 radical (unpaired) electrons. The molecular weight excluding hydrogens is 164 g/mol. The molecule has 0 amide bonds. The second kappa shape index (κ2) is 3.75. The highest BCUT2D eigenvalue weighted by Gasteiger charge is 2.19. The van der Waals surface area contributed by atoms with Crippen molar-refractivity contribution < 1.29 is 4.74 Å². The van der Waals surface area contributed by atoms with E-state index < -0.39 is 0 Å². The number of hydrogen-bond donors (Lipinski definition) is 1. The molecule has 3 heteroatoms. The van der Waals surface area contributed by atoms with E-state index in [-0.39, 0.29) is 5.54 Å². The molecule has 0 aliphatic heterocycles. The van der Waals surface area contributed by atoms with Crippen molar-refractivity contribution in [1.82, 2.24) is 10.3 Å². The smallest absolute Gasteiger partial charge is 0.213 e. The fourth-order valence-electron chi connectivity index (χ4n) is 1.00. The van der Waals surface area contributed by atoms with Crippen molar-refractivity contribution in [3.05, 3.63) is 23.9 Å². The normalized spacial score (nSPS) is 11.4. The number of nitrogens with one attached hydrogen (secondary N) is 1. The van der Waals surface area contributed by atoms with E-state index in [2.05, 4.69) is 24.1 Å². The summed E-state index contributed by atoms with van der Waals surface area (Å²) in [5, 5.41) is 3.19. The molecule has 0 saturated carbocycles. The number of methoxy groups -OCH3 is 1. The van der Waals surface area contributed by atoms with Gasteiger partial charge in [-0.05, 0) is 27.0 Å². The highest BCUT2D eigenvalue weighted by Crippen LogP contribution is 2.19. The second-order valence-electron chi connectivity index (χ2n) is 3.44. The number of rotatable bonds is 3. The summed E-state index contributed by atoms with van der Waals surface area (Å²) in [6.07, 6.45) is 0. The molecule has 0 aliphatic carbocycles. The Morgan fingerprint density at radius 1 is 1.38 bits per heavy atom. The van der Waals surface area contributed by atoms with E-state index in [4.69, 9.17) is 4.74 Å². The maximum atomic E-state index is 5.06. The van der Waals surface area contributed by atoms with Gasteiger partial charge in [0.1, 0.15) is 0 Å². The molecule has 0 saturated heterocycles. The van der Waals surface area contributed by atoms with E-state index in [1.54, 1.807) is 7.11 Å². The first-order valence-corrected chi connectivity index (χ1v) is 4.30. The molecule has 0 aromatic carbocycles. The quantitative estimate of drug-likeness (QED) is 0.766. The fraction of sp³-hybridized carbons (Fsp3) is 0.500. The van der Waals surface area contributed by atoms with Gasteiger partial charge in [0.25, 0.3) is 0 Å². The summed E-state index contributed by atoms with van der Waals surface area (Å²) in [5.41, 5.74) is 0.864. The molecule has 0 atom stereocenters. The number of hydrogen-bond acceptors (Lipinski definition) is 3. The summed E-state index contributed by atoms with van der Waals surface area (Å²) < 4.78 is 5.06. The number of nitrogens with zero attached hydrogens (tertiary/aromatic N) is 1. The van der Waals surface area contributed by atoms with Gasteiger partial charge in [-0.2, -0.15) is 0 Å². The molecule has 0 aliphatic rings. The van der Waals surface area contributed by atoms with Crippen LogP contribution in [0.5, 0.6) is 5.88 Å². The summed E-state index contributed by atoms with van der Waals surface area (Å²) >= 11 is 0. The Kier molecular flexibility index (Phi) is 2.88. The molecular formula is C10H16N2O. The van der Waals surface area contributed by atoms with Gasteiger partial charge in [-0.1, -0.05) is 6.07 Å². The van der Waals surface area contributed by atoms with E-state index in [0.717, 1.165) is 5.69 Å². The van der Waals surface area contributed by atoms with Crippen molar-refractivity contribution in [3.63, 3.8) is 0 Å². The van der Waals surface area contributed by atoms with Gasteiger partial charge in [-0.25, -0.2) is 4.98 Å². The molecule has 1 heterocycles. The lowest BCUT2D eigenvalue weighted by Gasteiger charge is -2.23. The topological polar surface area (TPSA) is 34.1 Å². The Bertz CT molecular complexity index is 284. The Morgan fingerprint density at radius 3 is 2.62 bits per heavy atom. The van der Waals surface area contributed by atoms with Gasteiger partial charge in [0.2, 0.25) is 5.88 Å². The molecule has 1 aromatic rings. The molecule has 3 nitrogen and oxygen atoms in total. The van der Waals surface area contributed by atoms with Crippen LogP contribution in [-0.2, 0) is 5.54 Å². The first-order chi connectivity index (χ1) is 6.10. The second-order valence-corrected chi connectivity index (χ2v) is 3.44. The van der Waals surface area contributed by atoms with Crippen LogP contribution in [0.25, 0.3) is 0 Å². The van der Waals surface area contributed by atoms with E-state index in [9.17, 15) is 0 Å². The van der Waals surface area contributed by atoms with Crippen molar-refractivity contribution in [2.75, 3.05) is 14.2 Å². The molecule has 13 heavy (non-hydrogen) atoms. The van der Waals surface area contributed by atoms with Crippen LogP contribution in [0.2, 0.25) is 0 Å². The fourth-order valence-corrected chi connectivity index (χ4v) is 1.00. The monoisotopic (exact) mass is 180 g/mol. The zero-order chi connectivity index (χ0) is 9.90. The van der Waals surface area contributed by atoms with Gasteiger partial charge >= 0.3 is 0 Å². The van der Waals surface area contributed by atoms with Crippen LogP contribution < -0.4 is 10.1 Å². The maximum Gasteiger partial charge on any atom is 0.213 e. The van der Waals surface area contributed by atoms with Crippen molar-refractivity contribution in [2.45, 2.75) is 19.4 Å². The van der Waals surface area contributed by atoms with E-state index in [0.29, 0.717) is 5.88 Å². The van der Waals surface area contributed by atoms with Crippen molar-refractivity contribution >= 4 is 0 Å². The van der Waals surface area contributed by atoms with Gasteiger partial charge in [-0.15, -0.1) is 0 Å². The van der Waals surface area contributed by atoms with Gasteiger partial charge in [-0.3, -0.25) is 0 Å². The Labute approximate surface area is 79.1 Å². The Balaban J connectivity index is 3.01. The summed E-state index contributed by atoms with van der Waals surface area (Å²) in [4.78, 5) is 4.35. The highest BCUT2D eigenvalue weighted by molar-refractivity contribution is 5.20. The standard InChI is InChI=1S/C10H16N2O/c1-10(2,11-3)8-6-5-7-9(12-8)13-4/h5-7,11H,1-4H3. The van der Waals surface area contributed by atoms with Crippen LogP contribution in [0.4, 0.5) is 0 Å².